The Labute approximate surface area is 132 Å². The zero-order valence-electron chi connectivity index (χ0n) is 13.6. The number of hydrogen-bond acceptors (Lipinski definition) is 5. The smallest absolute Gasteiger partial charge is 0.356 e. The van der Waals surface area contributed by atoms with Gasteiger partial charge >= 0.3 is 11.9 Å². The van der Waals surface area contributed by atoms with Crippen LogP contribution in [0, 0.1) is 5.92 Å². The standard InChI is InChI=1S/C17H25NO4/c1-4-7-9-13(5-2)12-22-17(20)15-11-8-10-14(18-15)16(19)21-6-3/h8,10-11,13H,4-7,9,12H2,1-3H3. The van der Waals surface area contributed by atoms with E-state index < -0.39 is 11.9 Å². The van der Waals surface area contributed by atoms with Gasteiger partial charge in [0.05, 0.1) is 13.2 Å². The molecule has 122 valence electrons. The predicted molar refractivity (Wildman–Crippen MR) is 83.8 cm³/mol. The van der Waals surface area contributed by atoms with Crippen LogP contribution in [0.15, 0.2) is 18.2 Å². The highest BCUT2D eigenvalue weighted by Gasteiger charge is 2.15. The lowest BCUT2D eigenvalue weighted by atomic mass is 10.0. The minimum absolute atomic E-state index is 0.120. The van der Waals surface area contributed by atoms with Gasteiger partial charge in [0, 0.05) is 0 Å². The van der Waals surface area contributed by atoms with Gasteiger partial charge in [-0.3, -0.25) is 0 Å². The molecule has 0 amide bonds. The Kier molecular flexibility index (Phi) is 8.18. The van der Waals surface area contributed by atoms with Crippen LogP contribution in [-0.2, 0) is 9.47 Å². The lowest BCUT2D eigenvalue weighted by Crippen LogP contribution is -2.16. The highest BCUT2D eigenvalue weighted by atomic mass is 16.5. The predicted octanol–water partition coefficient (Wildman–Crippen LogP) is 3.63. The number of nitrogens with zero attached hydrogens (tertiary/aromatic N) is 1. The van der Waals surface area contributed by atoms with E-state index in [2.05, 4.69) is 18.8 Å². The molecule has 1 heterocycles. The van der Waals surface area contributed by atoms with E-state index in [9.17, 15) is 9.59 Å². The van der Waals surface area contributed by atoms with Crippen molar-refractivity contribution in [3.8, 4) is 0 Å². The Hall–Kier alpha value is -1.91. The highest BCUT2D eigenvalue weighted by Crippen LogP contribution is 2.14. The third-order valence-corrected chi connectivity index (χ3v) is 3.44. The Balaban J connectivity index is 2.61. The number of rotatable bonds is 9. The largest absolute Gasteiger partial charge is 0.461 e. The van der Waals surface area contributed by atoms with Crippen molar-refractivity contribution in [2.24, 2.45) is 5.92 Å². The molecule has 0 aromatic carbocycles. The first-order valence-electron chi connectivity index (χ1n) is 7.93. The van der Waals surface area contributed by atoms with E-state index in [1.165, 1.54) is 12.1 Å². The SMILES string of the molecule is CCCCC(CC)COC(=O)c1cccc(C(=O)OCC)n1. The average Bonchev–Trinajstić information content (AvgIpc) is 2.55. The van der Waals surface area contributed by atoms with E-state index in [0.717, 1.165) is 25.7 Å². The number of carbonyl (C=O) groups is 2. The molecule has 22 heavy (non-hydrogen) atoms. The Morgan fingerprint density at radius 1 is 1.09 bits per heavy atom. The van der Waals surface area contributed by atoms with E-state index >= 15 is 0 Å². The molecule has 0 aliphatic rings. The number of aromatic nitrogens is 1. The van der Waals surface area contributed by atoms with Gasteiger partial charge in [0.15, 0.2) is 0 Å². The van der Waals surface area contributed by atoms with Gasteiger partial charge in [-0.15, -0.1) is 0 Å². The molecule has 0 aliphatic heterocycles. The minimum Gasteiger partial charge on any atom is -0.461 e. The number of ether oxygens (including phenoxy) is 2. The second-order valence-corrected chi connectivity index (χ2v) is 5.14. The molecule has 5 nitrogen and oxygen atoms in total. The van der Waals surface area contributed by atoms with Crippen LogP contribution in [0.4, 0.5) is 0 Å². The van der Waals surface area contributed by atoms with Crippen molar-refractivity contribution >= 4 is 11.9 Å². The molecule has 0 radical (unpaired) electrons. The molecule has 0 aliphatic carbocycles. The number of hydrogen-bond donors (Lipinski definition) is 0. The Morgan fingerprint density at radius 3 is 2.27 bits per heavy atom. The van der Waals surface area contributed by atoms with Crippen molar-refractivity contribution in [1.29, 1.82) is 0 Å². The summed E-state index contributed by atoms with van der Waals surface area (Å²) in [5.74, 6) is -0.662. The fourth-order valence-electron chi connectivity index (χ4n) is 2.03. The van der Waals surface area contributed by atoms with Gasteiger partial charge in [-0.2, -0.15) is 0 Å². The first kappa shape index (κ1) is 18.1. The van der Waals surface area contributed by atoms with Crippen LogP contribution in [0.3, 0.4) is 0 Å². The molecule has 0 saturated heterocycles. The van der Waals surface area contributed by atoms with Crippen LogP contribution in [0.5, 0.6) is 0 Å². The van der Waals surface area contributed by atoms with Crippen LogP contribution in [-0.4, -0.2) is 30.1 Å². The van der Waals surface area contributed by atoms with E-state index in [0.29, 0.717) is 12.5 Å². The fraction of sp³-hybridized carbons (Fsp3) is 0.588. The summed E-state index contributed by atoms with van der Waals surface area (Å²) in [6.07, 6.45) is 4.29. The normalized spacial score (nSPS) is 11.8. The second kappa shape index (κ2) is 9.92. The molecule has 0 N–H and O–H groups in total. The molecule has 1 atom stereocenters. The van der Waals surface area contributed by atoms with Gasteiger partial charge in [0.2, 0.25) is 0 Å². The summed E-state index contributed by atoms with van der Waals surface area (Å²) in [5.41, 5.74) is 0.255. The van der Waals surface area contributed by atoms with Crippen molar-refractivity contribution in [2.75, 3.05) is 13.2 Å². The Bertz CT molecular complexity index is 487. The van der Waals surface area contributed by atoms with Crippen LogP contribution in [0.25, 0.3) is 0 Å². The zero-order chi connectivity index (χ0) is 16.4. The van der Waals surface area contributed by atoms with Gasteiger partial charge in [-0.1, -0.05) is 39.2 Å². The molecule has 0 spiro atoms. The fourth-order valence-corrected chi connectivity index (χ4v) is 2.03. The third-order valence-electron chi connectivity index (χ3n) is 3.44. The third kappa shape index (κ3) is 5.84. The second-order valence-electron chi connectivity index (χ2n) is 5.14. The van der Waals surface area contributed by atoms with Gasteiger partial charge in [-0.25, -0.2) is 14.6 Å². The first-order valence-corrected chi connectivity index (χ1v) is 7.93. The number of unbranched alkanes of at least 4 members (excludes halogenated alkanes) is 1. The van der Waals surface area contributed by atoms with Crippen molar-refractivity contribution in [1.82, 2.24) is 4.98 Å². The lowest BCUT2D eigenvalue weighted by Gasteiger charge is -2.14. The summed E-state index contributed by atoms with van der Waals surface area (Å²) in [6.45, 7) is 6.61. The van der Waals surface area contributed by atoms with Gasteiger partial charge in [0.1, 0.15) is 11.4 Å². The molecular weight excluding hydrogens is 282 g/mol. The maximum atomic E-state index is 12.0. The molecule has 0 bridgehead atoms. The van der Waals surface area contributed by atoms with Crippen LogP contribution in [0.2, 0.25) is 0 Å². The monoisotopic (exact) mass is 307 g/mol. The van der Waals surface area contributed by atoms with Crippen molar-refractivity contribution in [2.45, 2.75) is 46.5 Å². The maximum Gasteiger partial charge on any atom is 0.356 e. The summed E-state index contributed by atoms with van der Waals surface area (Å²) in [4.78, 5) is 27.7. The first-order chi connectivity index (χ1) is 10.6. The molecule has 1 unspecified atom stereocenters. The topological polar surface area (TPSA) is 65.5 Å². The molecule has 0 saturated carbocycles. The van der Waals surface area contributed by atoms with E-state index in [1.807, 2.05) is 0 Å². The molecule has 5 heteroatoms. The van der Waals surface area contributed by atoms with Gasteiger partial charge in [0.25, 0.3) is 0 Å². The average molecular weight is 307 g/mol. The summed E-state index contributed by atoms with van der Waals surface area (Å²) >= 11 is 0. The molecule has 0 fully saturated rings. The zero-order valence-corrected chi connectivity index (χ0v) is 13.6. The van der Waals surface area contributed by atoms with Crippen molar-refractivity contribution < 1.29 is 19.1 Å². The number of carbonyl (C=O) groups excluding carboxylic acids is 2. The molecule has 1 aromatic rings. The molecular formula is C17H25NO4. The van der Waals surface area contributed by atoms with Gasteiger partial charge < -0.3 is 9.47 Å². The maximum absolute atomic E-state index is 12.0. The van der Waals surface area contributed by atoms with Gasteiger partial charge in [-0.05, 0) is 31.4 Å². The minimum atomic E-state index is -0.536. The highest BCUT2D eigenvalue weighted by molar-refractivity contribution is 5.91. The Morgan fingerprint density at radius 2 is 1.73 bits per heavy atom. The van der Waals surface area contributed by atoms with E-state index in [4.69, 9.17) is 9.47 Å². The summed E-state index contributed by atoms with van der Waals surface area (Å²) < 4.78 is 10.2. The number of esters is 2. The summed E-state index contributed by atoms with van der Waals surface area (Å²) in [7, 11) is 0. The molecule has 1 rings (SSSR count). The quantitative estimate of drug-likeness (QED) is 0.652. The molecule has 1 aromatic heterocycles. The summed E-state index contributed by atoms with van der Waals surface area (Å²) in [6, 6.07) is 4.66. The lowest BCUT2D eigenvalue weighted by molar-refractivity contribution is 0.0420. The van der Waals surface area contributed by atoms with E-state index in [1.54, 1.807) is 13.0 Å². The van der Waals surface area contributed by atoms with Crippen molar-refractivity contribution in [3.63, 3.8) is 0 Å². The van der Waals surface area contributed by atoms with Crippen LogP contribution in [0.1, 0.15) is 67.4 Å². The van der Waals surface area contributed by atoms with Crippen molar-refractivity contribution in [3.05, 3.63) is 29.6 Å². The van der Waals surface area contributed by atoms with E-state index in [-0.39, 0.29) is 18.0 Å². The van der Waals surface area contributed by atoms with Crippen LogP contribution >= 0.6 is 0 Å². The summed E-state index contributed by atoms with van der Waals surface area (Å²) in [5, 5.41) is 0. The van der Waals surface area contributed by atoms with Crippen LogP contribution < -0.4 is 0 Å². The number of pyridine rings is 1.